The van der Waals surface area contributed by atoms with Crippen molar-refractivity contribution in [1.82, 2.24) is 9.80 Å². The highest BCUT2D eigenvalue weighted by molar-refractivity contribution is 14.1. The van der Waals surface area contributed by atoms with Gasteiger partial charge in [-0.3, -0.25) is 19.4 Å². The molecule has 0 radical (unpaired) electrons. The molecule has 3 rings (SSSR count). The molecule has 1 heterocycles. The second-order valence-corrected chi connectivity index (χ2v) is 8.82. The Morgan fingerprint density at radius 3 is 2.43 bits per heavy atom. The fourth-order valence-electron chi connectivity index (χ4n) is 2.85. The van der Waals surface area contributed by atoms with E-state index in [1.54, 1.807) is 24.3 Å². The molecule has 0 aliphatic carbocycles. The van der Waals surface area contributed by atoms with Gasteiger partial charge in [-0.1, -0.05) is 18.2 Å². The summed E-state index contributed by atoms with van der Waals surface area (Å²) >= 11 is 10.7. The standard InChI is InChI=1S/C21H15BrIN3O3S/c1-25-19(27)15(20(28)26(2)21(25)30)7-12-8-16(22)18(17(23)9-12)29-11-14-6-4-3-5-13(14)10-24/h3-9H,11H2,1-2H3. The number of amides is 2. The molecule has 0 saturated carbocycles. The van der Waals surface area contributed by atoms with E-state index in [2.05, 4.69) is 44.6 Å². The Hall–Kier alpha value is -2.29. The van der Waals surface area contributed by atoms with Gasteiger partial charge in [0.2, 0.25) is 0 Å². The zero-order chi connectivity index (χ0) is 22.0. The molecular formula is C21H15BrIN3O3S. The molecule has 2 aromatic carbocycles. The first-order valence-electron chi connectivity index (χ1n) is 8.66. The SMILES string of the molecule is CN1C(=O)C(=Cc2cc(Br)c(OCc3ccccc3C#N)c(I)c2)C(=O)N(C)C1=S. The van der Waals surface area contributed by atoms with Gasteiger partial charge in [0.25, 0.3) is 11.8 Å². The summed E-state index contributed by atoms with van der Waals surface area (Å²) in [5, 5.41) is 9.39. The van der Waals surface area contributed by atoms with E-state index in [1.807, 2.05) is 18.2 Å². The number of rotatable bonds is 4. The summed E-state index contributed by atoms with van der Waals surface area (Å²) in [7, 11) is 3.08. The number of halogens is 2. The molecule has 1 aliphatic rings. The molecule has 0 bridgehead atoms. The Morgan fingerprint density at radius 2 is 1.83 bits per heavy atom. The third-order valence-electron chi connectivity index (χ3n) is 4.49. The minimum absolute atomic E-state index is 0.0351. The fourth-order valence-corrected chi connectivity index (χ4v) is 4.78. The van der Waals surface area contributed by atoms with Gasteiger partial charge in [-0.05, 0) is 80.6 Å². The van der Waals surface area contributed by atoms with Crippen LogP contribution in [0.2, 0.25) is 0 Å². The van der Waals surface area contributed by atoms with E-state index < -0.39 is 11.8 Å². The number of likely N-dealkylation sites (N-methyl/N-ethyl adjacent to an activating group) is 2. The van der Waals surface area contributed by atoms with E-state index in [-0.39, 0.29) is 17.3 Å². The lowest BCUT2D eigenvalue weighted by molar-refractivity contribution is -0.132. The summed E-state index contributed by atoms with van der Waals surface area (Å²) in [5.41, 5.74) is 2.05. The number of benzene rings is 2. The summed E-state index contributed by atoms with van der Waals surface area (Å²) in [6.45, 7) is 0.239. The van der Waals surface area contributed by atoms with Gasteiger partial charge in [0.15, 0.2) is 5.11 Å². The first-order chi connectivity index (χ1) is 14.2. The molecule has 2 aromatic rings. The number of nitrogens with zero attached hydrogens (tertiary/aromatic N) is 3. The number of ether oxygens (including phenoxy) is 1. The number of carbonyl (C=O) groups is 2. The van der Waals surface area contributed by atoms with Gasteiger partial charge in [-0.25, -0.2) is 0 Å². The largest absolute Gasteiger partial charge is 0.487 e. The topological polar surface area (TPSA) is 73.6 Å². The van der Waals surface area contributed by atoms with Gasteiger partial charge in [0, 0.05) is 19.7 Å². The van der Waals surface area contributed by atoms with E-state index in [9.17, 15) is 14.9 Å². The summed E-state index contributed by atoms with van der Waals surface area (Å²) in [6.07, 6.45) is 1.54. The second-order valence-electron chi connectivity index (χ2n) is 6.44. The molecule has 1 fully saturated rings. The van der Waals surface area contributed by atoms with Gasteiger partial charge in [-0.15, -0.1) is 0 Å². The number of nitriles is 1. The minimum Gasteiger partial charge on any atom is -0.487 e. The average Bonchev–Trinajstić information content (AvgIpc) is 2.73. The van der Waals surface area contributed by atoms with Crippen molar-refractivity contribution in [3.63, 3.8) is 0 Å². The zero-order valence-corrected chi connectivity index (χ0v) is 20.5. The van der Waals surface area contributed by atoms with Crippen LogP contribution in [0.5, 0.6) is 5.75 Å². The van der Waals surface area contributed by atoms with Crippen LogP contribution in [0.4, 0.5) is 0 Å². The van der Waals surface area contributed by atoms with Gasteiger partial charge in [-0.2, -0.15) is 5.26 Å². The maximum atomic E-state index is 12.5. The van der Waals surface area contributed by atoms with Crippen molar-refractivity contribution in [3.8, 4) is 11.8 Å². The van der Waals surface area contributed by atoms with Crippen LogP contribution < -0.4 is 4.74 Å². The molecule has 1 saturated heterocycles. The lowest BCUT2D eigenvalue weighted by atomic mass is 10.1. The summed E-state index contributed by atoms with van der Waals surface area (Å²) < 4.78 is 7.40. The molecule has 0 unspecified atom stereocenters. The van der Waals surface area contributed by atoms with Crippen molar-refractivity contribution in [2.75, 3.05) is 14.1 Å². The zero-order valence-electron chi connectivity index (χ0n) is 16.0. The van der Waals surface area contributed by atoms with Crippen molar-refractivity contribution in [3.05, 3.63) is 66.7 Å². The lowest BCUT2D eigenvalue weighted by Crippen LogP contribution is -2.52. The molecule has 152 valence electrons. The molecule has 6 nitrogen and oxygen atoms in total. The maximum absolute atomic E-state index is 12.5. The van der Waals surface area contributed by atoms with Crippen molar-refractivity contribution in [2.24, 2.45) is 0 Å². The summed E-state index contributed by atoms with van der Waals surface area (Å²) in [4.78, 5) is 27.6. The predicted molar refractivity (Wildman–Crippen MR) is 128 cm³/mol. The summed E-state index contributed by atoms with van der Waals surface area (Å²) in [6, 6.07) is 13.0. The number of thiocarbonyl (C=S) groups is 1. The van der Waals surface area contributed by atoms with Gasteiger partial charge >= 0.3 is 0 Å². The molecule has 0 spiro atoms. The molecule has 0 N–H and O–H groups in total. The van der Waals surface area contributed by atoms with Crippen LogP contribution in [0.25, 0.3) is 6.08 Å². The Bertz CT molecular complexity index is 1090. The third-order valence-corrected chi connectivity index (χ3v) is 6.42. The maximum Gasteiger partial charge on any atom is 0.265 e. The Morgan fingerprint density at radius 1 is 1.20 bits per heavy atom. The average molecular weight is 596 g/mol. The molecule has 2 amide bonds. The first kappa shape index (κ1) is 22.4. The van der Waals surface area contributed by atoms with E-state index >= 15 is 0 Å². The van der Waals surface area contributed by atoms with E-state index in [4.69, 9.17) is 17.0 Å². The van der Waals surface area contributed by atoms with Crippen molar-refractivity contribution in [2.45, 2.75) is 6.61 Å². The van der Waals surface area contributed by atoms with E-state index in [1.165, 1.54) is 23.9 Å². The minimum atomic E-state index is -0.442. The quantitative estimate of drug-likeness (QED) is 0.230. The lowest BCUT2D eigenvalue weighted by Gasteiger charge is -2.31. The van der Waals surface area contributed by atoms with Crippen LogP contribution in [0.3, 0.4) is 0 Å². The number of hydrogen-bond donors (Lipinski definition) is 0. The van der Waals surface area contributed by atoms with Gasteiger partial charge in [0.1, 0.15) is 17.9 Å². The Labute approximate surface area is 201 Å². The van der Waals surface area contributed by atoms with Crippen LogP contribution in [0, 0.1) is 14.9 Å². The number of carbonyl (C=O) groups excluding carboxylic acids is 2. The summed E-state index contributed by atoms with van der Waals surface area (Å²) in [5.74, 6) is -0.271. The number of hydrogen-bond acceptors (Lipinski definition) is 5. The second kappa shape index (κ2) is 9.24. The monoisotopic (exact) mass is 595 g/mol. The normalized spacial score (nSPS) is 14.1. The van der Waals surface area contributed by atoms with Gasteiger partial charge < -0.3 is 4.74 Å². The third kappa shape index (κ3) is 4.40. The van der Waals surface area contributed by atoms with Crippen molar-refractivity contribution < 1.29 is 14.3 Å². The highest BCUT2D eigenvalue weighted by Gasteiger charge is 2.35. The molecule has 0 atom stereocenters. The van der Waals surface area contributed by atoms with Crippen LogP contribution >= 0.6 is 50.7 Å². The Balaban J connectivity index is 1.89. The van der Waals surface area contributed by atoms with Crippen LogP contribution in [-0.2, 0) is 16.2 Å². The molecule has 0 aromatic heterocycles. The van der Waals surface area contributed by atoms with Crippen molar-refractivity contribution in [1.29, 1.82) is 5.26 Å². The molecular weight excluding hydrogens is 581 g/mol. The molecule has 9 heteroatoms. The van der Waals surface area contributed by atoms with Crippen LogP contribution in [0.15, 0.2) is 46.4 Å². The fraction of sp³-hybridized carbons (Fsp3) is 0.143. The molecule has 1 aliphatic heterocycles. The van der Waals surface area contributed by atoms with Crippen molar-refractivity contribution >= 4 is 73.7 Å². The first-order valence-corrected chi connectivity index (χ1v) is 10.9. The Kier molecular flexibility index (Phi) is 6.90. The van der Waals surface area contributed by atoms with Crippen LogP contribution in [0.1, 0.15) is 16.7 Å². The smallest absolute Gasteiger partial charge is 0.265 e. The highest BCUT2D eigenvalue weighted by Crippen LogP contribution is 2.34. The van der Waals surface area contributed by atoms with E-state index in [0.717, 1.165) is 9.13 Å². The van der Waals surface area contributed by atoms with Crippen LogP contribution in [-0.4, -0.2) is 40.8 Å². The predicted octanol–water partition coefficient (Wildman–Crippen LogP) is 4.10. The highest BCUT2D eigenvalue weighted by atomic mass is 127. The molecule has 30 heavy (non-hydrogen) atoms. The van der Waals surface area contributed by atoms with Gasteiger partial charge in [0.05, 0.1) is 19.7 Å². The van der Waals surface area contributed by atoms with E-state index in [0.29, 0.717) is 21.3 Å².